The Labute approximate surface area is 161 Å². The van der Waals surface area contributed by atoms with Crippen molar-refractivity contribution < 1.29 is 18.7 Å². The third-order valence-corrected chi connectivity index (χ3v) is 4.57. The Balaban J connectivity index is 1.78. The number of ether oxygens (including phenoxy) is 1. The van der Waals surface area contributed by atoms with Crippen LogP contribution in [0.15, 0.2) is 54.6 Å². The fourth-order valence-electron chi connectivity index (χ4n) is 2.95. The Morgan fingerprint density at radius 3 is 2.37 bits per heavy atom. The van der Waals surface area contributed by atoms with Crippen molar-refractivity contribution in [3.8, 4) is 5.69 Å². The molecule has 0 amide bonds. The summed E-state index contributed by atoms with van der Waals surface area (Å²) in [5, 5.41) is 0.268. The average Bonchev–Trinajstić information content (AvgIpc) is 2.95. The number of aryl methyl sites for hydroxylation is 1. The number of carbonyl (C=O) groups is 2. The first-order chi connectivity index (χ1) is 12.9. The average molecular weight is 386 g/mol. The zero-order valence-corrected chi connectivity index (χ0v) is 15.6. The molecule has 3 aromatic rings. The highest BCUT2D eigenvalue weighted by Crippen LogP contribution is 2.22. The van der Waals surface area contributed by atoms with Gasteiger partial charge in [-0.25, -0.2) is 9.18 Å². The molecule has 0 saturated heterocycles. The smallest absolute Gasteiger partial charge is 0.340 e. The SMILES string of the molecule is Cc1cc(C(=O)COC(=O)c2ccccc2Cl)c(C)n1-c1ccc(F)cc1. The van der Waals surface area contributed by atoms with Gasteiger partial charge in [0.2, 0.25) is 5.78 Å². The third kappa shape index (κ3) is 3.93. The summed E-state index contributed by atoms with van der Waals surface area (Å²) in [6, 6.07) is 14.2. The predicted molar refractivity (Wildman–Crippen MR) is 101 cm³/mol. The van der Waals surface area contributed by atoms with E-state index in [1.807, 2.05) is 11.5 Å². The van der Waals surface area contributed by atoms with Gasteiger partial charge in [-0.2, -0.15) is 0 Å². The quantitative estimate of drug-likeness (QED) is 0.462. The molecule has 0 aliphatic rings. The van der Waals surface area contributed by atoms with Crippen LogP contribution in [0.4, 0.5) is 4.39 Å². The lowest BCUT2D eigenvalue weighted by Gasteiger charge is -2.10. The van der Waals surface area contributed by atoms with Crippen molar-refractivity contribution in [1.29, 1.82) is 0 Å². The Morgan fingerprint density at radius 2 is 1.70 bits per heavy atom. The third-order valence-electron chi connectivity index (χ3n) is 4.24. The summed E-state index contributed by atoms with van der Waals surface area (Å²) in [7, 11) is 0. The van der Waals surface area contributed by atoms with Gasteiger partial charge >= 0.3 is 5.97 Å². The summed E-state index contributed by atoms with van der Waals surface area (Å²) in [4.78, 5) is 24.7. The number of ketones is 1. The molecule has 0 bridgehead atoms. The van der Waals surface area contributed by atoms with Crippen molar-refractivity contribution in [1.82, 2.24) is 4.57 Å². The van der Waals surface area contributed by atoms with E-state index in [2.05, 4.69) is 0 Å². The van der Waals surface area contributed by atoms with Crippen molar-refractivity contribution in [2.75, 3.05) is 6.61 Å². The molecule has 0 N–H and O–H groups in total. The molecule has 6 heteroatoms. The minimum atomic E-state index is -0.652. The van der Waals surface area contributed by atoms with E-state index in [4.69, 9.17) is 16.3 Å². The highest BCUT2D eigenvalue weighted by Gasteiger charge is 2.19. The van der Waals surface area contributed by atoms with E-state index in [0.29, 0.717) is 11.3 Å². The van der Waals surface area contributed by atoms with Crippen LogP contribution in [-0.4, -0.2) is 22.9 Å². The van der Waals surface area contributed by atoms with Gasteiger partial charge in [-0.3, -0.25) is 4.79 Å². The van der Waals surface area contributed by atoms with E-state index >= 15 is 0 Å². The van der Waals surface area contributed by atoms with Crippen LogP contribution < -0.4 is 0 Å². The summed E-state index contributed by atoms with van der Waals surface area (Å²) in [6.07, 6.45) is 0. The van der Waals surface area contributed by atoms with Gasteiger partial charge in [0.25, 0.3) is 0 Å². The molecule has 0 unspecified atom stereocenters. The fraction of sp³-hybridized carbons (Fsp3) is 0.143. The minimum absolute atomic E-state index is 0.212. The zero-order valence-electron chi connectivity index (χ0n) is 14.8. The summed E-state index contributed by atoms with van der Waals surface area (Å²) >= 11 is 5.96. The Hall–Kier alpha value is -2.92. The summed E-state index contributed by atoms with van der Waals surface area (Å²) in [5.41, 5.74) is 2.92. The van der Waals surface area contributed by atoms with E-state index in [-0.39, 0.29) is 22.2 Å². The second-order valence-corrected chi connectivity index (χ2v) is 6.48. The van der Waals surface area contributed by atoms with Crippen LogP contribution >= 0.6 is 11.6 Å². The van der Waals surface area contributed by atoms with Crippen molar-refractivity contribution >= 4 is 23.4 Å². The highest BCUT2D eigenvalue weighted by atomic mass is 35.5. The lowest BCUT2D eigenvalue weighted by molar-refractivity contribution is 0.0474. The maximum Gasteiger partial charge on any atom is 0.340 e. The van der Waals surface area contributed by atoms with Crippen molar-refractivity contribution in [2.24, 2.45) is 0 Å². The zero-order chi connectivity index (χ0) is 19.6. The maximum absolute atomic E-state index is 13.2. The highest BCUT2D eigenvalue weighted by molar-refractivity contribution is 6.33. The van der Waals surface area contributed by atoms with Crippen molar-refractivity contribution in [3.63, 3.8) is 0 Å². The van der Waals surface area contributed by atoms with Crippen LogP contribution in [-0.2, 0) is 4.74 Å². The van der Waals surface area contributed by atoms with Crippen LogP contribution in [0.5, 0.6) is 0 Å². The number of esters is 1. The van der Waals surface area contributed by atoms with Gasteiger partial charge in [0.05, 0.1) is 10.6 Å². The molecule has 0 radical (unpaired) electrons. The number of hydrogen-bond acceptors (Lipinski definition) is 3. The Kier molecular flexibility index (Phi) is 5.42. The summed E-state index contributed by atoms with van der Waals surface area (Å²) in [5.74, 6) is -1.30. The second-order valence-electron chi connectivity index (χ2n) is 6.08. The largest absolute Gasteiger partial charge is 0.454 e. The molecule has 0 aliphatic heterocycles. The number of rotatable bonds is 5. The van der Waals surface area contributed by atoms with Gasteiger partial charge in [0.15, 0.2) is 6.61 Å². The Morgan fingerprint density at radius 1 is 1.04 bits per heavy atom. The van der Waals surface area contributed by atoms with Crippen LogP contribution in [0, 0.1) is 19.7 Å². The monoisotopic (exact) mass is 385 g/mol. The molecule has 138 valence electrons. The first-order valence-electron chi connectivity index (χ1n) is 8.28. The molecule has 0 fully saturated rings. The normalized spacial score (nSPS) is 10.7. The summed E-state index contributed by atoms with van der Waals surface area (Å²) in [6.45, 7) is 3.25. The number of halogens is 2. The molecule has 27 heavy (non-hydrogen) atoms. The summed E-state index contributed by atoms with van der Waals surface area (Å²) < 4.78 is 20.1. The van der Waals surface area contributed by atoms with E-state index in [9.17, 15) is 14.0 Å². The number of hydrogen-bond donors (Lipinski definition) is 0. The van der Waals surface area contributed by atoms with Crippen LogP contribution in [0.25, 0.3) is 5.69 Å². The van der Waals surface area contributed by atoms with Gasteiger partial charge in [-0.05, 0) is 56.3 Å². The number of Topliss-reactive ketones (excluding diaryl/α,β-unsaturated/α-hetero) is 1. The molecule has 1 heterocycles. The molecular weight excluding hydrogens is 369 g/mol. The van der Waals surface area contributed by atoms with Gasteiger partial charge in [0, 0.05) is 22.6 Å². The number of carbonyl (C=O) groups excluding carboxylic acids is 2. The van der Waals surface area contributed by atoms with E-state index in [0.717, 1.165) is 11.4 Å². The van der Waals surface area contributed by atoms with E-state index in [1.165, 1.54) is 18.2 Å². The van der Waals surface area contributed by atoms with Crippen LogP contribution in [0.1, 0.15) is 32.1 Å². The van der Waals surface area contributed by atoms with Gasteiger partial charge in [-0.15, -0.1) is 0 Å². The molecular formula is C21H17ClFNO3. The first-order valence-corrected chi connectivity index (χ1v) is 8.66. The maximum atomic E-state index is 13.2. The molecule has 3 rings (SSSR count). The molecule has 0 atom stereocenters. The van der Waals surface area contributed by atoms with E-state index < -0.39 is 12.6 Å². The minimum Gasteiger partial charge on any atom is -0.454 e. The molecule has 0 spiro atoms. The van der Waals surface area contributed by atoms with Gasteiger partial charge in [0.1, 0.15) is 5.82 Å². The predicted octanol–water partition coefficient (Wildman–Crippen LogP) is 4.93. The fourth-order valence-corrected chi connectivity index (χ4v) is 3.16. The van der Waals surface area contributed by atoms with Crippen molar-refractivity contribution in [2.45, 2.75) is 13.8 Å². The lowest BCUT2D eigenvalue weighted by atomic mass is 10.1. The Bertz CT molecular complexity index is 1010. The lowest BCUT2D eigenvalue weighted by Crippen LogP contribution is -2.15. The van der Waals surface area contributed by atoms with Crippen molar-refractivity contribution in [3.05, 3.63) is 88.0 Å². The first kappa shape index (κ1) is 18.9. The standard InChI is InChI=1S/C21H17ClFNO3/c1-13-11-18(14(2)24(13)16-9-7-15(23)8-10-16)20(25)12-27-21(26)17-5-3-4-6-19(17)22/h3-11H,12H2,1-2H3. The van der Waals surface area contributed by atoms with Gasteiger partial charge < -0.3 is 9.30 Å². The number of aromatic nitrogens is 1. The molecule has 0 saturated carbocycles. The number of nitrogens with zero attached hydrogens (tertiary/aromatic N) is 1. The molecule has 4 nitrogen and oxygen atoms in total. The van der Waals surface area contributed by atoms with Crippen LogP contribution in [0.2, 0.25) is 5.02 Å². The molecule has 2 aromatic carbocycles. The topological polar surface area (TPSA) is 48.3 Å². The second kappa shape index (κ2) is 7.76. The molecule has 0 aliphatic carbocycles. The molecule has 1 aromatic heterocycles. The van der Waals surface area contributed by atoms with Crippen LogP contribution in [0.3, 0.4) is 0 Å². The number of benzene rings is 2. The van der Waals surface area contributed by atoms with Gasteiger partial charge in [-0.1, -0.05) is 23.7 Å². The van der Waals surface area contributed by atoms with E-state index in [1.54, 1.807) is 43.3 Å².